The van der Waals surface area contributed by atoms with Crippen molar-refractivity contribution in [2.45, 2.75) is 45.4 Å². The minimum atomic E-state index is -0.883. The van der Waals surface area contributed by atoms with Gasteiger partial charge in [-0.05, 0) is 37.2 Å². The minimum absolute atomic E-state index is 0. The van der Waals surface area contributed by atoms with Crippen LogP contribution in [0.1, 0.15) is 44.6 Å². The second-order valence-corrected chi connectivity index (χ2v) is 4.54. The third kappa shape index (κ3) is 6.89. The molecule has 0 heterocycles. The van der Waals surface area contributed by atoms with Gasteiger partial charge in [-0.1, -0.05) is 50.1 Å². The van der Waals surface area contributed by atoms with Gasteiger partial charge in [0.25, 0.3) is 0 Å². The first kappa shape index (κ1) is 17.3. The van der Waals surface area contributed by atoms with Crippen molar-refractivity contribution >= 4 is 5.97 Å². The fourth-order valence-electron chi connectivity index (χ4n) is 2.09. The van der Waals surface area contributed by atoms with Gasteiger partial charge in [0.05, 0.1) is 0 Å². The van der Waals surface area contributed by atoms with Gasteiger partial charge in [-0.25, -0.2) is 0 Å². The van der Waals surface area contributed by atoms with Gasteiger partial charge in [0.1, 0.15) is 0 Å². The molecule has 0 saturated carbocycles. The number of rotatable bonds is 8. The zero-order chi connectivity index (χ0) is 12.5. The van der Waals surface area contributed by atoms with Gasteiger partial charge in [0.15, 0.2) is 0 Å². The number of aryl methyl sites for hydroxylation is 1. The molecule has 94 valence electrons. The molecule has 1 unspecified atom stereocenters. The third-order valence-corrected chi connectivity index (χ3v) is 3.08. The molecule has 1 aromatic carbocycles. The molecule has 1 atom stereocenters. The van der Waals surface area contributed by atoms with E-state index in [-0.39, 0.29) is 24.8 Å². The molecule has 0 amide bonds. The Morgan fingerprint density at radius 3 is 2.39 bits per heavy atom. The molecule has 0 aliphatic heterocycles. The van der Waals surface area contributed by atoms with Crippen LogP contribution in [-0.2, 0) is 11.2 Å². The Morgan fingerprint density at radius 2 is 1.83 bits per heavy atom. The van der Waals surface area contributed by atoms with Gasteiger partial charge in [0.2, 0.25) is 0 Å². The number of carboxylic acid groups (broad SMARTS) is 1. The number of carbonyl (C=O) groups is 1. The summed E-state index contributed by atoms with van der Waals surface area (Å²) in [7, 11) is 0. The number of carbonyl (C=O) groups excluding carboxylic acids is 1. The van der Waals surface area contributed by atoms with Crippen LogP contribution in [0, 0.1) is 5.92 Å². The number of carboxylic acids is 1. The Balaban J connectivity index is 0.00000289. The predicted octanol–water partition coefficient (Wildman–Crippen LogP) is -0.430. The van der Waals surface area contributed by atoms with Crippen molar-refractivity contribution in [1.29, 1.82) is 0 Å². The molecule has 0 spiro atoms. The largest absolute Gasteiger partial charge is 1.00 e. The molecule has 1 aromatic rings. The van der Waals surface area contributed by atoms with E-state index in [2.05, 4.69) is 12.1 Å². The fourth-order valence-corrected chi connectivity index (χ4v) is 2.09. The maximum atomic E-state index is 10.8. The van der Waals surface area contributed by atoms with E-state index in [0.717, 1.165) is 38.5 Å². The first-order valence-electron chi connectivity index (χ1n) is 6.48. The molecule has 1 rings (SSSR count). The van der Waals surface area contributed by atoms with Crippen LogP contribution >= 0.6 is 0 Å². The van der Waals surface area contributed by atoms with Crippen molar-refractivity contribution in [3.63, 3.8) is 0 Å². The monoisotopic (exact) mass is 240 g/mol. The van der Waals surface area contributed by atoms with E-state index in [4.69, 9.17) is 0 Å². The molecule has 0 radical (unpaired) electrons. The first-order valence-corrected chi connectivity index (χ1v) is 6.48. The maximum absolute atomic E-state index is 10.8. The van der Waals surface area contributed by atoms with Crippen LogP contribution in [0.15, 0.2) is 30.3 Å². The van der Waals surface area contributed by atoms with Crippen LogP contribution in [-0.4, -0.2) is 5.97 Å². The molecule has 0 aromatic heterocycles. The van der Waals surface area contributed by atoms with Crippen molar-refractivity contribution in [3.8, 4) is 0 Å². The second kappa shape index (κ2) is 10.2. The van der Waals surface area contributed by atoms with Crippen molar-refractivity contribution in [3.05, 3.63) is 35.9 Å². The van der Waals surface area contributed by atoms with Crippen LogP contribution in [0.5, 0.6) is 0 Å². The number of aliphatic carboxylic acids is 1. The van der Waals surface area contributed by atoms with E-state index >= 15 is 0 Å². The molecule has 0 fully saturated rings. The minimum Gasteiger partial charge on any atom is -0.550 e. The Kier molecular flexibility index (Phi) is 9.83. The number of unbranched alkanes of at least 4 members (excludes halogenated alkanes) is 1. The average molecular weight is 240 g/mol. The summed E-state index contributed by atoms with van der Waals surface area (Å²) in [6.07, 6.45) is 5.46. The molecule has 0 aliphatic rings. The Labute approximate surface area is 122 Å². The zero-order valence-electron chi connectivity index (χ0n) is 11.5. The van der Waals surface area contributed by atoms with Crippen molar-refractivity contribution in [2.24, 2.45) is 5.92 Å². The maximum Gasteiger partial charge on any atom is 1.00 e. The molecule has 0 bridgehead atoms. The Bertz CT molecular complexity index is 325. The summed E-state index contributed by atoms with van der Waals surface area (Å²) in [6.45, 7) is 2.01. The summed E-state index contributed by atoms with van der Waals surface area (Å²) >= 11 is 0. The van der Waals surface area contributed by atoms with Gasteiger partial charge in [0, 0.05) is 5.97 Å². The van der Waals surface area contributed by atoms with Crippen LogP contribution in [0.3, 0.4) is 0 Å². The van der Waals surface area contributed by atoms with E-state index in [0.29, 0.717) is 0 Å². The summed E-state index contributed by atoms with van der Waals surface area (Å²) in [4.78, 5) is 10.8. The molecule has 2 nitrogen and oxygen atoms in total. The van der Waals surface area contributed by atoms with Crippen molar-refractivity contribution in [2.75, 3.05) is 0 Å². The van der Waals surface area contributed by atoms with Crippen molar-refractivity contribution in [1.82, 2.24) is 0 Å². The van der Waals surface area contributed by atoms with Gasteiger partial charge >= 0.3 is 18.9 Å². The number of hydrogen-bond acceptors (Lipinski definition) is 2. The zero-order valence-corrected chi connectivity index (χ0v) is 11.5. The topological polar surface area (TPSA) is 40.1 Å². The molecular weight excluding hydrogens is 219 g/mol. The Hall–Kier alpha value is -0.713. The van der Waals surface area contributed by atoms with Gasteiger partial charge in [-0.15, -0.1) is 0 Å². The summed E-state index contributed by atoms with van der Waals surface area (Å²) in [5.74, 6) is -1.14. The van der Waals surface area contributed by atoms with E-state index in [1.165, 1.54) is 5.56 Å². The van der Waals surface area contributed by atoms with E-state index in [1.807, 2.05) is 25.1 Å². The first-order chi connectivity index (χ1) is 8.24. The third-order valence-electron chi connectivity index (χ3n) is 3.08. The normalized spacial score (nSPS) is 11.6. The predicted molar refractivity (Wildman–Crippen MR) is 67.4 cm³/mol. The van der Waals surface area contributed by atoms with Gasteiger partial charge < -0.3 is 9.90 Å². The van der Waals surface area contributed by atoms with E-state index in [1.54, 1.807) is 0 Å². The number of hydrogen-bond donors (Lipinski definition) is 0. The van der Waals surface area contributed by atoms with Crippen LogP contribution in [0.2, 0.25) is 0 Å². The summed E-state index contributed by atoms with van der Waals surface area (Å²) in [6, 6.07) is 10.3. The van der Waals surface area contributed by atoms with Crippen LogP contribution in [0.25, 0.3) is 0 Å². The van der Waals surface area contributed by atoms with Gasteiger partial charge in [-0.3, -0.25) is 0 Å². The smallest absolute Gasteiger partial charge is 0.550 e. The molecule has 0 saturated heterocycles. The second-order valence-electron chi connectivity index (χ2n) is 4.54. The summed E-state index contributed by atoms with van der Waals surface area (Å²) in [5.41, 5.74) is 1.33. The van der Waals surface area contributed by atoms with E-state index in [9.17, 15) is 9.90 Å². The molecular formula is C15H21LiO2. The summed E-state index contributed by atoms with van der Waals surface area (Å²) < 4.78 is 0. The average Bonchev–Trinajstić information content (AvgIpc) is 2.34. The van der Waals surface area contributed by atoms with Crippen LogP contribution < -0.4 is 24.0 Å². The quantitative estimate of drug-likeness (QED) is 0.457. The van der Waals surface area contributed by atoms with Crippen molar-refractivity contribution < 1.29 is 28.8 Å². The van der Waals surface area contributed by atoms with Gasteiger partial charge in [-0.2, -0.15) is 0 Å². The standard InChI is InChI=1S/C15H22O2.Li/c1-2-8-14(15(16)17)12-7-6-11-13-9-4-3-5-10-13;/h3-5,9-10,14H,2,6-8,11-12H2,1H3,(H,16,17);/q;+1/p-1. The Morgan fingerprint density at radius 1 is 1.17 bits per heavy atom. The van der Waals surface area contributed by atoms with Crippen LogP contribution in [0.4, 0.5) is 0 Å². The molecule has 18 heavy (non-hydrogen) atoms. The molecule has 0 aliphatic carbocycles. The molecule has 0 N–H and O–H groups in total. The molecule has 3 heteroatoms. The fraction of sp³-hybridized carbons (Fsp3) is 0.533. The number of benzene rings is 1. The summed E-state index contributed by atoms with van der Waals surface area (Å²) in [5, 5.41) is 10.8. The SMILES string of the molecule is CCCC(CCCCc1ccccc1)C(=O)[O-].[Li+]. The van der Waals surface area contributed by atoms with E-state index < -0.39 is 5.97 Å².